The van der Waals surface area contributed by atoms with Crippen LogP contribution in [0.1, 0.15) is 15.9 Å². The monoisotopic (exact) mass is 328 g/mol. The van der Waals surface area contributed by atoms with Crippen molar-refractivity contribution in [3.8, 4) is 0 Å². The van der Waals surface area contributed by atoms with E-state index in [0.717, 1.165) is 24.3 Å². The maximum Gasteiger partial charge on any atom is 0.168 e. The molecule has 0 bridgehead atoms. The first kappa shape index (κ1) is 13.8. The summed E-state index contributed by atoms with van der Waals surface area (Å²) in [5.74, 6) is -2.46. The molecule has 0 radical (unpaired) electrons. The molecule has 19 heavy (non-hydrogen) atoms. The van der Waals surface area contributed by atoms with E-state index in [1.807, 2.05) is 0 Å². The van der Waals surface area contributed by atoms with E-state index in [-0.39, 0.29) is 17.5 Å². The molecule has 0 heterocycles. The van der Waals surface area contributed by atoms with Crippen LogP contribution in [0.5, 0.6) is 0 Å². The fourth-order valence-electron chi connectivity index (χ4n) is 1.70. The molecule has 0 aromatic heterocycles. The van der Waals surface area contributed by atoms with Crippen LogP contribution in [0.4, 0.5) is 13.2 Å². The maximum atomic E-state index is 13.1. The van der Waals surface area contributed by atoms with Gasteiger partial charge in [-0.15, -0.1) is 0 Å². The molecule has 2 aromatic carbocycles. The maximum absolute atomic E-state index is 13.1. The van der Waals surface area contributed by atoms with Gasteiger partial charge in [-0.05, 0) is 35.9 Å². The molecule has 2 aromatic rings. The Labute approximate surface area is 116 Å². The van der Waals surface area contributed by atoms with Crippen LogP contribution in [0.15, 0.2) is 40.9 Å². The number of carbonyl (C=O) groups excluding carboxylic acids is 1. The van der Waals surface area contributed by atoms with Gasteiger partial charge in [-0.1, -0.05) is 15.9 Å². The summed E-state index contributed by atoms with van der Waals surface area (Å²) < 4.78 is 39.5. The number of Topliss-reactive ketones (excluding diaryl/α,β-unsaturated/α-hetero) is 1. The first-order valence-electron chi connectivity index (χ1n) is 5.39. The highest BCUT2D eigenvalue weighted by molar-refractivity contribution is 9.10. The van der Waals surface area contributed by atoms with Crippen LogP contribution in [0.2, 0.25) is 0 Å². The third-order valence-electron chi connectivity index (χ3n) is 2.52. The summed E-state index contributed by atoms with van der Waals surface area (Å²) in [5.41, 5.74) is 0.350. The van der Waals surface area contributed by atoms with Gasteiger partial charge in [0.15, 0.2) is 5.78 Å². The zero-order valence-electron chi connectivity index (χ0n) is 9.59. The number of halogens is 4. The highest BCUT2D eigenvalue weighted by Gasteiger charge is 2.13. The minimum atomic E-state index is -0.749. The van der Waals surface area contributed by atoms with Gasteiger partial charge in [0.1, 0.15) is 17.5 Å². The molecule has 0 aliphatic rings. The number of carbonyl (C=O) groups is 1. The molecular formula is C14H8BrF3O. The van der Waals surface area contributed by atoms with E-state index in [0.29, 0.717) is 4.47 Å². The Hall–Kier alpha value is -1.62. The van der Waals surface area contributed by atoms with Crippen molar-refractivity contribution >= 4 is 21.7 Å². The lowest BCUT2D eigenvalue weighted by Crippen LogP contribution is -2.05. The molecule has 0 saturated heterocycles. The van der Waals surface area contributed by atoms with Crippen molar-refractivity contribution in [1.29, 1.82) is 0 Å². The van der Waals surface area contributed by atoms with Crippen LogP contribution in [0.3, 0.4) is 0 Å². The van der Waals surface area contributed by atoms with Crippen molar-refractivity contribution in [3.63, 3.8) is 0 Å². The minimum Gasteiger partial charge on any atom is -0.294 e. The van der Waals surface area contributed by atoms with Gasteiger partial charge in [0.25, 0.3) is 0 Å². The number of ketones is 1. The number of rotatable bonds is 3. The number of benzene rings is 2. The highest BCUT2D eigenvalue weighted by Crippen LogP contribution is 2.20. The standard InChI is InChI=1S/C14H8BrF3O/c15-13-2-1-9(16)7-12(13)14(19)5-8-3-10(17)6-11(18)4-8/h1-4,6-7H,5H2. The second-order valence-electron chi connectivity index (χ2n) is 4.00. The number of hydrogen-bond donors (Lipinski definition) is 0. The zero-order chi connectivity index (χ0) is 14.0. The predicted molar refractivity (Wildman–Crippen MR) is 68.5 cm³/mol. The minimum absolute atomic E-state index is 0.143. The van der Waals surface area contributed by atoms with Gasteiger partial charge in [0, 0.05) is 22.5 Å². The van der Waals surface area contributed by atoms with Crippen molar-refractivity contribution in [2.75, 3.05) is 0 Å². The molecule has 1 nitrogen and oxygen atoms in total. The average Bonchev–Trinajstić information content (AvgIpc) is 2.30. The second kappa shape index (κ2) is 5.57. The van der Waals surface area contributed by atoms with Gasteiger partial charge in [-0.2, -0.15) is 0 Å². The summed E-state index contributed by atoms with van der Waals surface area (Å²) in [6, 6.07) is 6.59. The molecule has 0 amide bonds. The molecule has 5 heteroatoms. The van der Waals surface area contributed by atoms with Gasteiger partial charge in [-0.3, -0.25) is 4.79 Å². The first-order chi connectivity index (χ1) is 8.95. The summed E-state index contributed by atoms with van der Waals surface area (Å²) in [6.07, 6.45) is -0.198. The highest BCUT2D eigenvalue weighted by atomic mass is 79.9. The number of hydrogen-bond acceptors (Lipinski definition) is 1. The summed E-state index contributed by atoms with van der Waals surface area (Å²) >= 11 is 3.14. The van der Waals surface area contributed by atoms with Crippen molar-refractivity contribution in [1.82, 2.24) is 0 Å². The normalized spacial score (nSPS) is 10.5. The van der Waals surface area contributed by atoms with Crippen LogP contribution < -0.4 is 0 Å². The van der Waals surface area contributed by atoms with E-state index in [1.165, 1.54) is 12.1 Å². The molecule has 0 aliphatic carbocycles. The largest absolute Gasteiger partial charge is 0.294 e. The fraction of sp³-hybridized carbons (Fsp3) is 0.0714. The third-order valence-corrected chi connectivity index (χ3v) is 3.21. The van der Waals surface area contributed by atoms with Gasteiger partial charge in [0.2, 0.25) is 0 Å². The third kappa shape index (κ3) is 3.44. The van der Waals surface area contributed by atoms with Crippen LogP contribution in [0, 0.1) is 17.5 Å². The lowest BCUT2D eigenvalue weighted by Gasteiger charge is -2.05. The summed E-state index contributed by atoms with van der Waals surface area (Å²) in [4.78, 5) is 12.0. The summed E-state index contributed by atoms with van der Waals surface area (Å²) in [6.45, 7) is 0. The summed E-state index contributed by atoms with van der Waals surface area (Å²) in [7, 11) is 0. The average molecular weight is 329 g/mol. The van der Waals surface area contributed by atoms with Crippen molar-refractivity contribution in [2.45, 2.75) is 6.42 Å². The quantitative estimate of drug-likeness (QED) is 0.768. The molecule has 0 unspecified atom stereocenters. The molecule has 0 aliphatic heterocycles. The Morgan fingerprint density at radius 3 is 2.21 bits per heavy atom. The lowest BCUT2D eigenvalue weighted by molar-refractivity contribution is 0.0991. The molecule has 0 fully saturated rings. The molecule has 0 atom stereocenters. The van der Waals surface area contributed by atoms with Crippen LogP contribution >= 0.6 is 15.9 Å². The van der Waals surface area contributed by atoms with E-state index >= 15 is 0 Å². The second-order valence-corrected chi connectivity index (χ2v) is 4.86. The lowest BCUT2D eigenvalue weighted by atomic mass is 10.0. The Bertz CT molecular complexity index is 620. The van der Waals surface area contributed by atoms with Crippen molar-refractivity contribution in [2.24, 2.45) is 0 Å². The molecule has 2 rings (SSSR count). The Morgan fingerprint density at radius 1 is 0.947 bits per heavy atom. The summed E-state index contributed by atoms with van der Waals surface area (Å²) in [5, 5.41) is 0. The Morgan fingerprint density at radius 2 is 1.58 bits per heavy atom. The Balaban J connectivity index is 2.28. The first-order valence-corrected chi connectivity index (χ1v) is 6.18. The van der Waals surface area contributed by atoms with E-state index in [9.17, 15) is 18.0 Å². The van der Waals surface area contributed by atoms with Gasteiger partial charge >= 0.3 is 0 Å². The van der Waals surface area contributed by atoms with Crippen molar-refractivity contribution in [3.05, 3.63) is 69.4 Å². The van der Waals surface area contributed by atoms with Crippen molar-refractivity contribution < 1.29 is 18.0 Å². The molecule has 0 spiro atoms. The van der Waals surface area contributed by atoms with Crippen LogP contribution in [0.25, 0.3) is 0 Å². The van der Waals surface area contributed by atoms with E-state index in [1.54, 1.807) is 0 Å². The molecule has 98 valence electrons. The topological polar surface area (TPSA) is 17.1 Å². The molecular weight excluding hydrogens is 321 g/mol. The fourth-order valence-corrected chi connectivity index (χ4v) is 2.17. The smallest absolute Gasteiger partial charge is 0.168 e. The molecule has 0 saturated carbocycles. The predicted octanol–water partition coefficient (Wildman–Crippen LogP) is 4.29. The van der Waals surface area contributed by atoms with Gasteiger partial charge in [0.05, 0.1) is 0 Å². The van der Waals surface area contributed by atoms with Gasteiger partial charge < -0.3 is 0 Å². The Kier molecular flexibility index (Phi) is 4.04. The van der Waals surface area contributed by atoms with Crippen LogP contribution in [-0.2, 0) is 6.42 Å². The van der Waals surface area contributed by atoms with Gasteiger partial charge in [-0.25, -0.2) is 13.2 Å². The zero-order valence-corrected chi connectivity index (χ0v) is 11.2. The van der Waals surface area contributed by atoms with E-state index < -0.39 is 23.2 Å². The SMILES string of the molecule is O=C(Cc1cc(F)cc(F)c1)c1cc(F)ccc1Br. The van der Waals surface area contributed by atoms with E-state index in [2.05, 4.69) is 15.9 Å². The molecule has 0 N–H and O–H groups in total. The van der Waals surface area contributed by atoms with E-state index in [4.69, 9.17) is 0 Å². The van der Waals surface area contributed by atoms with Crippen LogP contribution in [-0.4, -0.2) is 5.78 Å².